The third-order valence-corrected chi connectivity index (χ3v) is 3.70. The number of benzene rings is 1. The Bertz CT molecular complexity index is 670. The molecule has 2 aromatic rings. The van der Waals surface area contributed by atoms with Gasteiger partial charge < -0.3 is 15.4 Å². The Morgan fingerprint density at radius 3 is 2.77 bits per heavy atom. The molecule has 0 amide bonds. The van der Waals surface area contributed by atoms with E-state index in [2.05, 4.69) is 20.6 Å². The van der Waals surface area contributed by atoms with Crippen LogP contribution in [-0.4, -0.2) is 37.2 Å². The summed E-state index contributed by atoms with van der Waals surface area (Å²) in [5.74, 6) is 0.951. The Morgan fingerprint density at radius 1 is 1.27 bits per heavy atom. The summed E-state index contributed by atoms with van der Waals surface area (Å²) in [6.45, 7) is 3.37. The first-order valence-corrected chi connectivity index (χ1v) is 8.47. The molecule has 1 aromatic carbocycles. The van der Waals surface area contributed by atoms with E-state index in [0.29, 0.717) is 18.3 Å². The zero-order valence-corrected chi connectivity index (χ0v) is 17.4. The molecular weight excluding hydrogens is 446 g/mol. The van der Waals surface area contributed by atoms with Crippen molar-refractivity contribution in [1.29, 1.82) is 0 Å². The summed E-state index contributed by atoms with van der Waals surface area (Å²) in [5.41, 5.74) is 1.17. The molecule has 0 saturated carbocycles. The molecule has 1 heterocycles. The number of hydrogen-bond acceptors (Lipinski definition) is 3. The number of ether oxygens (including phenoxy) is 1. The van der Waals surface area contributed by atoms with Gasteiger partial charge in [-0.05, 0) is 36.6 Å². The minimum atomic E-state index is -0.298. The van der Waals surface area contributed by atoms with E-state index in [1.165, 1.54) is 17.7 Å². The molecule has 2 rings (SSSR count). The first-order chi connectivity index (χ1) is 12.2. The summed E-state index contributed by atoms with van der Waals surface area (Å²) < 4.78 is 19.1. The van der Waals surface area contributed by atoms with Crippen LogP contribution in [0, 0.1) is 5.82 Å². The number of aliphatic imine (C=N–C) groups is 1. The summed E-state index contributed by atoms with van der Waals surface area (Å²) in [5, 5.41) is 6.51. The summed E-state index contributed by atoms with van der Waals surface area (Å²) in [6, 6.07) is 10.2. The van der Waals surface area contributed by atoms with Crippen molar-refractivity contribution in [2.75, 3.05) is 20.1 Å². The van der Waals surface area contributed by atoms with Crippen LogP contribution in [0.2, 0.25) is 0 Å². The van der Waals surface area contributed by atoms with Crippen molar-refractivity contribution in [2.24, 2.45) is 4.99 Å². The molecule has 142 valence electrons. The highest BCUT2D eigenvalue weighted by Crippen LogP contribution is 2.14. The van der Waals surface area contributed by atoms with Crippen LogP contribution in [-0.2, 0) is 6.42 Å². The van der Waals surface area contributed by atoms with Crippen molar-refractivity contribution < 1.29 is 9.13 Å². The van der Waals surface area contributed by atoms with Gasteiger partial charge in [-0.3, -0.25) is 9.98 Å². The van der Waals surface area contributed by atoms with Gasteiger partial charge in [-0.2, -0.15) is 0 Å². The van der Waals surface area contributed by atoms with E-state index in [9.17, 15) is 4.39 Å². The molecule has 0 radical (unpaired) electrons. The Kier molecular flexibility index (Phi) is 10.6. The normalized spacial score (nSPS) is 12.0. The minimum Gasteiger partial charge on any atom is -0.489 e. The maximum absolute atomic E-state index is 13.2. The van der Waals surface area contributed by atoms with Crippen molar-refractivity contribution in [3.63, 3.8) is 0 Å². The highest BCUT2D eigenvalue weighted by Gasteiger charge is 2.10. The van der Waals surface area contributed by atoms with E-state index >= 15 is 0 Å². The van der Waals surface area contributed by atoms with Gasteiger partial charge in [0, 0.05) is 32.1 Å². The molecule has 0 aliphatic carbocycles. The number of nitrogens with one attached hydrogen (secondary N) is 2. The number of guanidine groups is 1. The quantitative estimate of drug-likeness (QED) is 0.352. The third-order valence-electron chi connectivity index (χ3n) is 3.70. The van der Waals surface area contributed by atoms with E-state index in [1.54, 1.807) is 25.4 Å². The molecule has 5 nitrogen and oxygen atoms in total. The van der Waals surface area contributed by atoms with E-state index < -0.39 is 0 Å². The number of aromatic nitrogens is 1. The average molecular weight is 472 g/mol. The maximum atomic E-state index is 13.2. The smallest absolute Gasteiger partial charge is 0.191 e. The topological polar surface area (TPSA) is 58.5 Å². The van der Waals surface area contributed by atoms with Crippen LogP contribution in [0.4, 0.5) is 4.39 Å². The first-order valence-electron chi connectivity index (χ1n) is 8.47. The highest BCUT2D eigenvalue weighted by atomic mass is 127. The standard InChI is InChI=1S/C19H25FN4O.HI/c1-3-17(25-18-8-4-7-16(20)12-18)14-24-19(21-2)23-11-9-15-6-5-10-22-13-15;/h4-8,10,12-13,17H,3,9,11,14H2,1-2H3,(H2,21,23,24);1H. The van der Waals surface area contributed by atoms with Crippen LogP contribution in [0.1, 0.15) is 18.9 Å². The molecule has 7 heteroatoms. The molecule has 0 spiro atoms. The molecule has 0 bridgehead atoms. The van der Waals surface area contributed by atoms with Crippen molar-refractivity contribution >= 4 is 29.9 Å². The monoisotopic (exact) mass is 472 g/mol. The zero-order valence-electron chi connectivity index (χ0n) is 15.1. The second-order valence-corrected chi connectivity index (χ2v) is 5.60. The molecule has 1 aromatic heterocycles. The van der Waals surface area contributed by atoms with E-state index in [-0.39, 0.29) is 35.9 Å². The second kappa shape index (κ2) is 12.5. The lowest BCUT2D eigenvalue weighted by molar-refractivity contribution is 0.199. The van der Waals surface area contributed by atoms with Crippen LogP contribution < -0.4 is 15.4 Å². The van der Waals surface area contributed by atoms with Gasteiger partial charge in [0.1, 0.15) is 17.7 Å². The number of halogens is 2. The van der Waals surface area contributed by atoms with E-state index in [1.807, 2.05) is 25.3 Å². The van der Waals surface area contributed by atoms with E-state index in [0.717, 1.165) is 19.4 Å². The van der Waals surface area contributed by atoms with Gasteiger partial charge in [0.05, 0.1) is 6.54 Å². The van der Waals surface area contributed by atoms with Crippen molar-refractivity contribution in [1.82, 2.24) is 15.6 Å². The Hall–Kier alpha value is -1.90. The second-order valence-electron chi connectivity index (χ2n) is 5.60. The van der Waals surface area contributed by atoms with Crippen molar-refractivity contribution in [3.05, 3.63) is 60.2 Å². The van der Waals surface area contributed by atoms with Crippen LogP contribution in [0.3, 0.4) is 0 Å². The third kappa shape index (κ3) is 7.99. The number of pyridine rings is 1. The van der Waals surface area contributed by atoms with Gasteiger partial charge in [-0.15, -0.1) is 24.0 Å². The van der Waals surface area contributed by atoms with Gasteiger partial charge in [0.25, 0.3) is 0 Å². The maximum Gasteiger partial charge on any atom is 0.191 e. The van der Waals surface area contributed by atoms with Gasteiger partial charge in [-0.1, -0.05) is 19.1 Å². The number of nitrogens with zero attached hydrogens (tertiary/aromatic N) is 2. The fraction of sp³-hybridized carbons (Fsp3) is 0.368. The number of hydrogen-bond donors (Lipinski definition) is 2. The molecule has 1 atom stereocenters. The van der Waals surface area contributed by atoms with Crippen molar-refractivity contribution in [2.45, 2.75) is 25.9 Å². The Balaban J connectivity index is 0.00000338. The fourth-order valence-electron chi connectivity index (χ4n) is 2.30. The van der Waals surface area contributed by atoms with Gasteiger partial charge in [0.15, 0.2) is 5.96 Å². The highest BCUT2D eigenvalue weighted by molar-refractivity contribution is 14.0. The number of rotatable bonds is 8. The van der Waals surface area contributed by atoms with Crippen molar-refractivity contribution in [3.8, 4) is 5.75 Å². The summed E-state index contributed by atoms with van der Waals surface area (Å²) >= 11 is 0. The molecule has 0 fully saturated rings. The summed E-state index contributed by atoms with van der Waals surface area (Å²) in [7, 11) is 1.73. The SMILES string of the molecule is CCC(CNC(=NC)NCCc1cccnc1)Oc1cccc(F)c1.I. The lowest BCUT2D eigenvalue weighted by Gasteiger charge is -2.20. The zero-order chi connectivity index (χ0) is 17.9. The Labute approximate surface area is 171 Å². The lowest BCUT2D eigenvalue weighted by Crippen LogP contribution is -2.43. The van der Waals surface area contributed by atoms with Crippen LogP contribution in [0.5, 0.6) is 5.75 Å². The molecular formula is C19H26FIN4O. The average Bonchev–Trinajstić information content (AvgIpc) is 2.64. The van der Waals surface area contributed by atoms with Crippen LogP contribution in [0.25, 0.3) is 0 Å². The molecule has 0 aliphatic rings. The molecule has 0 aliphatic heterocycles. The van der Waals surface area contributed by atoms with Crippen LogP contribution >= 0.6 is 24.0 Å². The summed E-state index contributed by atoms with van der Waals surface area (Å²) in [4.78, 5) is 8.31. The van der Waals surface area contributed by atoms with E-state index in [4.69, 9.17) is 4.74 Å². The van der Waals surface area contributed by atoms with Crippen LogP contribution in [0.15, 0.2) is 53.8 Å². The molecule has 0 saturated heterocycles. The lowest BCUT2D eigenvalue weighted by atomic mass is 10.2. The Morgan fingerprint density at radius 2 is 2.12 bits per heavy atom. The molecule has 2 N–H and O–H groups in total. The minimum absolute atomic E-state index is 0. The largest absolute Gasteiger partial charge is 0.489 e. The first kappa shape index (κ1) is 22.1. The fourth-order valence-corrected chi connectivity index (χ4v) is 2.30. The predicted molar refractivity (Wildman–Crippen MR) is 114 cm³/mol. The van der Waals surface area contributed by atoms with Gasteiger partial charge in [0.2, 0.25) is 0 Å². The molecule has 1 unspecified atom stereocenters. The van der Waals surface area contributed by atoms with Gasteiger partial charge >= 0.3 is 0 Å². The predicted octanol–water partition coefficient (Wildman–Crippen LogP) is 3.40. The summed E-state index contributed by atoms with van der Waals surface area (Å²) in [6.07, 6.45) is 5.22. The van der Waals surface area contributed by atoms with Gasteiger partial charge in [-0.25, -0.2) is 4.39 Å². The molecule has 26 heavy (non-hydrogen) atoms.